The third-order valence-corrected chi connectivity index (χ3v) is 4.04. The SMILES string of the molecule is O=C(NNS(=O)(=O)c1cccc(Br)c1)c1ccccn1. The summed E-state index contributed by atoms with van der Waals surface area (Å²) in [6, 6.07) is 10.9. The third-order valence-electron chi connectivity index (χ3n) is 2.30. The number of carbonyl (C=O) groups is 1. The second-order valence-electron chi connectivity index (χ2n) is 3.73. The lowest BCUT2D eigenvalue weighted by Crippen LogP contribution is -2.41. The van der Waals surface area contributed by atoms with Gasteiger partial charge in [-0.25, -0.2) is 8.42 Å². The molecule has 0 saturated carbocycles. The molecule has 6 nitrogen and oxygen atoms in total. The number of nitrogens with zero attached hydrogens (tertiary/aromatic N) is 1. The molecule has 0 saturated heterocycles. The number of hydrogen-bond acceptors (Lipinski definition) is 4. The second kappa shape index (κ2) is 6.12. The molecule has 0 atom stereocenters. The van der Waals surface area contributed by atoms with E-state index in [1.54, 1.807) is 24.3 Å². The largest absolute Gasteiger partial charge is 0.284 e. The van der Waals surface area contributed by atoms with Gasteiger partial charge in [0.05, 0.1) is 4.90 Å². The number of carbonyl (C=O) groups excluding carboxylic acids is 1. The highest BCUT2D eigenvalue weighted by Gasteiger charge is 2.16. The standard InChI is InChI=1S/C12H10BrN3O3S/c13-9-4-3-5-10(8-9)20(18,19)16-15-12(17)11-6-1-2-7-14-11/h1-8,16H,(H,15,17). The van der Waals surface area contributed by atoms with Crippen molar-refractivity contribution in [2.24, 2.45) is 0 Å². The van der Waals surface area contributed by atoms with Crippen LogP contribution in [0, 0.1) is 0 Å². The Kier molecular flexibility index (Phi) is 4.48. The summed E-state index contributed by atoms with van der Waals surface area (Å²) in [5, 5.41) is 0. The summed E-state index contributed by atoms with van der Waals surface area (Å²) in [6.45, 7) is 0. The first-order valence-electron chi connectivity index (χ1n) is 5.48. The van der Waals surface area contributed by atoms with Gasteiger partial charge in [0.15, 0.2) is 0 Å². The van der Waals surface area contributed by atoms with Crippen molar-refractivity contribution in [2.75, 3.05) is 0 Å². The Morgan fingerprint density at radius 3 is 2.60 bits per heavy atom. The van der Waals surface area contributed by atoms with Crippen molar-refractivity contribution in [2.45, 2.75) is 4.90 Å². The minimum Gasteiger partial charge on any atom is -0.272 e. The van der Waals surface area contributed by atoms with Crippen molar-refractivity contribution < 1.29 is 13.2 Å². The third kappa shape index (κ3) is 3.62. The van der Waals surface area contributed by atoms with Crippen LogP contribution >= 0.6 is 15.9 Å². The average Bonchev–Trinajstić information content (AvgIpc) is 2.46. The number of halogens is 1. The number of aromatic nitrogens is 1. The molecule has 0 bridgehead atoms. The normalized spacial score (nSPS) is 11.1. The summed E-state index contributed by atoms with van der Waals surface area (Å²) in [5.74, 6) is -0.635. The van der Waals surface area contributed by atoms with Crippen LogP contribution in [0.4, 0.5) is 0 Å². The summed E-state index contributed by atoms with van der Waals surface area (Å²) in [6.07, 6.45) is 1.44. The lowest BCUT2D eigenvalue weighted by Gasteiger charge is -2.08. The smallest absolute Gasteiger partial charge is 0.272 e. The van der Waals surface area contributed by atoms with E-state index in [4.69, 9.17) is 0 Å². The van der Waals surface area contributed by atoms with E-state index in [-0.39, 0.29) is 10.6 Å². The van der Waals surface area contributed by atoms with Crippen molar-refractivity contribution in [1.82, 2.24) is 15.2 Å². The van der Waals surface area contributed by atoms with E-state index in [9.17, 15) is 13.2 Å². The summed E-state index contributed by atoms with van der Waals surface area (Å²) in [7, 11) is -3.83. The first kappa shape index (κ1) is 14.6. The van der Waals surface area contributed by atoms with Gasteiger partial charge in [-0.15, -0.1) is 4.83 Å². The van der Waals surface area contributed by atoms with Crippen LogP contribution in [0.1, 0.15) is 10.5 Å². The number of hydrogen-bond donors (Lipinski definition) is 2. The Hall–Kier alpha value is -1.77. The van der Waals surface area contributed by atoms with Crippen LogP contribution in [0.2, 0.25) is 0 Å². The molecule has 0 aliphatic heterocycles. The highest BCUT2D eigenvalue weighted by molar-refractivity contribution is 9.10. The molecule has 0 radical (unpaired) electrons. The van der Waals surface area contributed by atoms with Gasteiger partial charge in [0, 0.05) is 10.7 Å². The highest BCUT2D eigenvalue weighted by Crippen LogP contribution is 2.15. The molecule has 0 spiro atoms. The molecule has 1 heterocycles. The van der Waals surface area contributed by atoms with Gasteiger partial charge in [-0.05, 0) is 30.3 Å². The molecule has 2 rings (SSSR count). The van der Waals surface area contributed by atoms with Crippen molar-refractivity contribution in [1.29, 1.82) is 0 Å². The topological polar surface area (TPSA) is 88.2 Å². The first-order valence-corrected chi connectivity index (χ1v) is 7.75. The summed E-state index contributed by atoms with van der Waals surface area (Å²) < 4.78 is 24.5. The molecule has 0 unspecified atom stereocenters. The lowest BCUT2D eigenvalue weighted by molar-refractivity contribution is 0.0940. The van der Waals surface area contributed by atoms with Crippen LogP contribution in [-0.2, 0) is 10.0 Å². The van der Waals surface area contributed by atoms with Crippen LogP contribution in [0.15, 0.2) is 58.0 Å². The van der Waals surface area contributed by atoms with E-state index in [0.29, 0.717) is 4.47 Å². The Balaban J connectivity index is 2.09. The minimum absolute atomic E-state index is 0.0354. The first-order chi connectivity index (χ1) is 9.49. The maximum Gasteiger partial charge on any atom is 0.284 e. The number of benzene rings is 1. The van der Waals surface area contributed by atoms with Gasteiger partial charge in [-0.1, -0.05) is 28.1 Å². The predicted octanol–water partition coefficient (Wildman–Crippen LogP) is 1.47. The van der Waals surface area contributed by atoms with Crippen LogP contribution < -0.4 is 10.3 Å². The quantitative estimate of drug-likeness (QED) is 0.812. The number of rotatable bonds is 4. The van der Waals surface area contributed by atoms with E-state index in [1.165, 1.54) is 24.4 Å². The average molecular weight is 356 g/mol. The van der Waals surface area contributed by atoms with Gasteiger partial charge in [0.25, 0.3) is 15.9 Å². The number of amides is 1. The van der Waals surface area contributed by atoms with E-state index < -0.39 is 15.9 Å². The van der Waals surface area contributed by atoms with Crippen molar-refractivity contribution in [3.63, 3.8) is 0 Å². The molecule has 0 fully saturated rings. The van der Waals surface area contributed by atoms with Crippen LogP contribution in [-0.4, -0.2) is 19.3 Å². The van der Waals surface area contributed by atoms with Crippen LogP contribution in [0.3, 0.4) is 0 Å². The molecule has 2 aromatic rings. The second-order valence-corrected chi connectivity index (χ2v) is 6.33. The maximum atomic E-state index is 12.0. The fraction of sp³-hybridized carbons (Fsp3) is 0. The molecule has 2 N–H and O–H groups in total. The lowest BCUT2D eigenvalue weighted by atomic mass is 10.3. The van der Waals surface area contributed by atoms with Gasteiger partial charge in [-0.3, -0.25) is 15.2 Å². The number of hydrazine groups is 1. The Morgan fingerprint density at radius 2 is 1.95 bits per heavy atom. The fourth-order valence-corrected chi connectivity index (χ4v) is 2.80. The number of nitrogens with one attached hydrogen (secondary N) is 2. The van der Waals surface area contributed by atoms with Crippen molar-refractivity contribution in [3.05, 3.63) is 58.8 Å². The zero-order valence-corrected chi connectivity index (χ0v) is 12.5. The molecule has 0 aliphatic rings. The highest BCUT2D eigenvalue weighted by atomic mass is 79.9. The molecule has 1 aromatic carbocycles. The van der Waals surface area contributed by atoms with Gasteiger partial charge in [-0.2, -0.15) is 0 Å². The van der Waals surface area contributed by atoms with E-state index >= 15 is 0 Å². The maximum absolute atomic E-state index is 12.0. The van der Waals surface area contributed by atoms with Crippen molar-refractivity contribution >= 4 is 31.9 Å². The fourth-order valence-electron chi connectivity index (χ4n) is 1.37. The molecule has 1 aromatic heterocycles. The van der Waals surface area contributed by atoms with Crippen LogP contribution in [0.25, 0.3) is 0 Å². The predicted molar refractivity (Wildman–Crippen MR) is 76.2 cm³/mol. The molecule has 20 heavy (non-hydrogen) atoms. The summed E-state index contributed by atoms with van der Waals surface area (Å²) in [4.78, 5) is 17.5. The van der Waals surface area contributed by atoms with Gasteiger partial charge in [0.2, 0.25) is 0 Å². The van der Waals surface area contributed by atoms with Gasteiger partial charge >= 0.3 is 0 Å². The molecule has 8 heteroatoms. The van der Waals surface area contributed by atoms with Gasteiger partial charge in [0.1, 0.15) is 5.69 Å². The zero-order valence-electron chi connectivity index (χ0n) is 10.1. The Morgan fingerprint density at radius 1 is 1.15 bits per heavy atom. The monoisotopic (exact) mass is 355 g/mol. The summed E-state index contributed by atoms with van der Waals surface area (Å²) in [5.41, 5.74) is 2.22. The minimum atomic E-state index is -3.83. The van der Waals surface area contributed by atoms with E-state index in [1.807, 2.05) is 4.83 Å². The zero-order chi connectivity index (χ0) is 14.6. The number of pyridine rings is 1. The molecule has 1 amide bonds. The molecular formula is C12H10BrN3O3S. The van der Waals surface area contributed by atoms with E-state index in [0.717, 1.165) is 0 Å². The Labute approximate surface area is 124 Å². The van der Waals surface area contributed by atoms with Crippen LogP contribution in [0.5, 0.6) is 0 Å². The summed E-state index contributed by atoms with van der Waals surface area (Å²) >= 11 is 3.18. The number of sulfonamides is 1. The van der Waals surface area contributed by atoms with Gasteiger partial charge < -0.3 is 0 Å². The van der Waals surface area contributed by atoms with E-state index in [2.05, 4.69) is 26.3 Å². The molecule has 104 valence electrons. The van der Waals surface area contributed by atoms with Crippen molar-refractivity contribution in [3.8, 4) is 0 Å². The molecular weight excluding hydrogens is 346 g/mol. The molecule has 0 aliphatic carbocycles. The Bertz CT molecular complexity index is 720.